The first-order valence-corrected chi connectivity index (χ1v) is 15.0. The summed E-state index contributed by atoms with van der Waals surface area (Å²) in [6, 6.07) is 24.8. The van der Waals surface area contributed by atoms with Gasteiger partial charge in [-0.1, -0.05) is 54.9 Å². The number of aliphatic carboxylic acids is 1. The molecular formula is C36H33ClN2O6. The Morgan fingerprint density at radius 2 is 1.78 bits per heavy atom. The van der Waals surface area contributed by atoms with Crippen molar-refractivity contribution in [3.63, 3.8) is 0 Å². The van der Waals surface area contributed by atoms with E-state index < -0.39 is 11.9 Å². The highest BCUT2D eigenvalue weighted by atomic mass is 35.5. The maximum Gasteiger partial charge on any atom is 0.311 e. The molecule has 1 heterocycles. The molecular weight excluding hydrogens is 592 g/mol. The number of carboxylic acids is 1. The lowest BCUT2D eigenvalue weighted by atomic mass is 9.96. The number of halogens is 1. The number of carbonyl (C=O) groups is 1. The first-order chi connectivity index (χ1) is 21.9. The first-order valence-electron chi connectivity index (χ1n) is 14.6. The van der Waals surface area contributed by atoms with E-state index >= 15 is 0 Å². The molecule has 1 unspecified atom stereocenters. The van der Waals surface area contributed by atoms with E-state index in [9.17, 15) is 15.2 Å². The van der Waals surface area contributed by atoms with Crippen LogP contribution in [0.15, 0.2) is 77.8 Å². The number of nitriles is 1. The van der Waals surface area contributed by atoms with Crippen LogP contribution < -0.4 is 18.9 Å². The molecule has 4 aromatic rings. The van der Waals surface area contributed by atoms with Gasteiger partial charge in [-0.05, 0) is 71.5 Å². The molecule has 0 aromatic heterocycles. The summed E-state index contributed by atoms with van der Waals surface area (Å²) in [6.07, 6.45) is 1.87. The van der Waals surface area contributed by atoms with E-state index in [-0.39, 0.29) is 19.8 Å². The van der Waals surface area contributed by atoms with Crippen LogP contribution in [0.5, 0.6) is 23.0 Å². The molecule has 1 aliphatic rings. The summed E-state index contributed by atoms with van der Waals surface area (Å²) in [5, 5.41) is 19.0. The SMILES string of the molecule is CCC(C=NCc1cc(Cl)c(OCc2cccc(-c3ccc4c(c3)OCCO4)c2C)cc1OCc1cccc(C#N)c1)C(=O)O. The Bertz CT molecular complexity index is 1760. The topological polar surface area (TPSA) is 110 Å². The van der Waals surface area contributed by atoms with E-state index in [1.807, 2.05) is 36.4 Å². The van der Waals surface area contributed by atoms with Gasteiger partial charge in [0.05, 0.1) is 29.1 Å². The highest BCUT2D eigenvalue weighted by Crippen LogP contribution is 2.37. The van der Waals surface area contributed by atoms with Gasteiger partial charge >= 0.3 is 5.97 Å². The number of hydrogen-bond acceptors (Lipinski definition) is 7. The zero-order valence-electron chi connectivity index (χ0n) is 25.1. The van der Waals surface area contributed by atoms with Crippen LogP contribution in [-0.2, 0) is 24.6 Å². The molecule has 0 saturated heterocycles. The first kappa shape index (κ1) is 31.4. The van der Waals surface area contributed by atoms with Gasteiger partial charge in [-0.25, -0.2) is 0 Å². The highest BCUT2D eigenvalue weighted by Gasteiger charge is 2.17. The van der Waals surface area contributed by atoms with E-state index in [1.165, 1.54) is 6.21 Å². The van der Waals surface area contributed by atoms with Crippen molar-refractivity contribution < 1.29 is 28.8 Å². The number of benzene rings is 4. The molecule has 230 valence electrons. The average Bonchev–Trinajstić information content (AvgIpc) is 3.06. The molecule has 0 saturated carbocycles. The van der Waals surface area contributed by atoms with Crippen molar-refractivity contribution in [1.29, 1.82) is 5.26 Å². The second-order valence-corrected chi connectivity index (χ2v) is 11.0. The lowest BCUT2D eigenvalue weighted by molar-refractivity contribution is -0.139. The van der Waals surface area contributed by atoms with Crippen LogP contribution >= 0.6 is 11.6 Å². The number of ether oxygens (including phenoxy) is 4. The molecule has 0 fully saturated rings. The van der Waals surface area contributed by atoms with Crippen LogP contribution in [0.2, 0.25) is 5.02 Å². The van der Waals surface area contributed by atoms with Crippen molar-refractivity contribution in [3.05, 3.63) is 106 Å². The molecule has 0 radical (unpaired) electrons. The number of fused-ring (bicyclic) bond motifs is 1. The van der Waals surface area contributed by atoms with Gasteiger partial charge in [0.2, 0.25) is 0 Å². The Labute approximate surface area is 267 Å². The molecule has 45 heavy (non-hydrogen) atoms. The molecule has 1 atom stereocenters. The largest absolute Gasteiger partial charge is 0.488 e. The van der Waals surface area contributed by atoms with Gasteiger partial charge in [0.25, 0.3) is 0 Å². The Balaban J connectivity index is 1.38. The predicted octanol–water partition coefficient (Wildman–Crippen LogP) is 7.80. The van der Waals surface area contributed by atoms with Crippen molar-refractivity contribution in [2.24, 2.45) is 10.9 Å². The van der Waals surface area contributed by atoms with Crippen LogP contribution in [0.25, 0.3) is 11.1 Å². The fourth-order valence-corrected chi connectivity index (χ4v) is 5.22. The van der Waals surface area contributed by atoms with Crippen molar-refractivity contribution >= 4 is 23.8 Å². The Morgan fingerprint density at radius 1 is 1.00 bits per heavy atom. The van der Waals surface area contributed by atoms with E-state index in [4.69, 9.17) is 30.5 Å². The third-order valence-electron chi connectivity index (χ3n) is 7.55. The standard InChI is InChI=1S/C36H33ClN2O6/c1-3-26(36(40)41)19-39-20-29-15-31(37)34(17-33(29)44-21-25-7-4-6-24(14-25)18-38)45-22-28-8-5-9-30(23(28)2)27-10-11-32-35(16-27)43-13-12-42-32/h4-11,14-17,19,26H,3,12-13,20-22H2,1-2H3,(H,40,41). The summed E-state index contributed by atoms with van der Waals surface area (Å²) in [6.45, 7) is 5.56. The molecule has 0 aliphatic carbocycles. The minimum absolute atomic E-state index is 0.175. The summed E-state index contributed by atoms with van der Waals surface area (Å²) in [5.41, 5.74) is 6.17. The number of rotatable bonds is 12. The summed E-state index contributed by atoms with van der Waals surface area (Å²) < 4.78 is 23.9. The summed E-state index contributed by atoms with van der Waals surface area (Å²) >= 11 is 6.69. The van der Waals surface area contributed by atoms with Gasteiger partial charge in [0.1, 0.15) is 37.9 Å². The van der Waals surface area contributed by atoms with Gasteiger partial charge in [0.15, 0.2) is 11.5 Å². The Hall–Kier alpha value is -5.00. The molecule has 9 heteroatoms. The van der Waals surface area contributed by atoms with Crippen molar-refractivity contribution in [1.82, 2.24) is 0 Å². The van der Waals surface area contributed by atoms with Crippen LogP contribution in [-0.4, -0.2) is 30.5 Å². The number of nitrogens with zero attached hydrogens (tertiary/aromatic N) is 2. The molecule has 5 rings (SSSR count). The molecule has 0 bridgehead atoms. The minimum atomic E-state index is -0.926. The van der Waals surface area contributed by atoms with E-state index in [1.54, 1.807) is 37.3 Å². The van der Waals surface area contributed by atoms with Gasteiger partial charge in [-0.3, -0.25) is 9.79 Å². The molecule has 0 spiro atoms. The Kier molecular flexibility index (Phi) is 10.2. The monoisotopic (exact) mass is 624 g/mol. The summed E-state index contributed by atoms with van der Waals surface area (Å²) in [4.78, 5) is 15.8. The van der Waals surface area contributed by atoms with E-state index in [2.05, 4.69) is 24.1 Å². The van der Waals surface area contributed by atoms with Gasteiger partial charge in [0, 0.05) is 17.8 Å². The number of aliphatic imine (C=N–C) groups is 1. The normalized spacial score (nSPS) is 12.8. The van der Waals surface area contributed by atoms with Crippen molar-refractivity contribution in [2.75, 3.05) is 13.2 Å². The lowest BCUT2D eigenvalue weighted by Crippen LogP contribution is -2.15. The molecule has 8 nitrogen and oxygen atoms in total. The maximum atomic E-state index is 11.4. The zero-order chi connectivity index (χ0) is 31.8. The number of carboxylic acid groups (broad SMARTS) is 1. The van der Waals surface area contributed by atoms with E-state index in [0.717, 1.165) is 39.3 Å². The van der Waals surface area contributed by atoms with E-state index in [0.29, 0.717) is 47.3 Å². The molecule has 4 aromatic carbocycles. The lowest BCUT2D eigenvalue weighted by Gasteiger charge is -2.20. The smallest absolute Gasteiger partial charge is 0.311 e. The third kappa shape index (κ3) is 7.75. The maximum absolute atomic E-state index is 11.4. The summed E-state index contributed by atoms with van der Waals surface area (Å²) in [7, 11) is 0. The number of hydrogen-bond donors (Lipinski definition) is 1. The fourth-order valence-electron chi connectivity index (χ4n) is 4.98. The third-order valence-corrected chi connectivity index (χ3v) is 7.85. The predicted molar refractivity (Wildman–Crippen MR) is 172 cm³/mol. The van der Waals surface area contributed by atoms with Crippen LogP contribution in [0.1, 0.15) is 41.2 Å². The van der Waals surface area contributed by atoms with Crippen molar-refractivity contribution in [2.45, 2.75) is 40.0 Å². The van der Waals surface area contributed by atoms with Gasteiger partial charge in [-0.2, -0.15) is 5.26 Å². The fraction of sp³-hybridized carbons (Fsp3) is 0.250. The van der Waals surface area contributed by atoms with Gasteiger partial charge in [-0.15, -0.1) is 0 Å². The van der Waals surface area contributed by atoms with Crippen LogP contribution in [0.4, 0.5) is 0 Å². The van der Waals surface area contributed by atoms with Crippen molar-refractivity contribution in [3.8, 4) is 40.2 Å². The zero-order valence-corrected chi connectivity index (χ0v) is 25.8. The Morgan fingerprint density at radius 3 is 2.56 bits per heavy atom. The van der Waals surface area contributed by atoms with Gasteiger partial charge < -0.3 is 24.1 Å². The second-order valence-electron chi connectivity index (χ2n) is 10.6. The van der Waals surface area contributed by atoms with Crippen LogP contribution in [0, 0.1) is 24.2 Å². The quantitative estimate of drug-likeness (QED) is 0.160. The van der Waals surface area contributed by atoms with Crippen LogP contribution in [0.3, 0.4) is 0 Å². The molecule has 0 amide bonds. The average molecular weight is 625 g/mol. The second kappa shape index (κ2) is 14.7. The minimum Gasteiger partial charge on any atom is -0.488 e. The molecule has 1 N–H and O–H groups in total. The highest BCUT2D eigenvalue weighted by molar-refractivity contribution is 6.32. The summed E-state index contributed by atoms with van der Waals surface area (Å²) in [5.74, 6) is 0.808. The molecule has 1 aliphatic heterocycles.